The van der Waals surface area contributed by atoms with Crippen molar-refractivity contribution >= 4 is 39.9 Å². The van der Waals surface area contributed by atoms with Gasteiger partial charge in [0.25, 0.3) is 0 Å². The smallest absolute Gasteiger partial charge is 0.154 e. The lowest BCUT2D eigenvalue weighted by Crippen LogP contribution is -2.08. The molecule has 0 bridgehead atoms. The SMILES string of the molecule is CCC(=O)Cn1cc(-c2n[nH]c3cc(-c4c(Cl)c(OC)cc(OC)c4Cl)ncc23)cn1. The van der Waals surface area contributed by atoms with Crippen LogP contribution in [0.1, 0.15) is 13.3 Å². The summed E-state index contributed by atoms with van der Waals surface area (Å²) >= 11 is 13.0. The molecule has 1 aromatic carbocycles. The second kappa shape index (κ2) is 8.56. The van der Waals surface area contributed by atoms with Crippen molar-refractivity contribution in [2.24, 2.45) is 0 Å². The number of Topliss-reactive ketones (excluding diaryl/α,β-unsaturated/α-hetero) is 1. The minimum absolute atomic E-state index is 0.107. The van der Waals surface area contributed by atoms with E-state index in [-0.39, 0.29) is 12.3 Å². The Morgan fingerprint density at radius 2 is 1.84 bits per heavy atom. The number of hydrogen-bond acceptors (Lipinski definition) is 6. The minimum atomic E-state index is 0.107. The standard InChI is InChI=1S/C21H19Cl2N5O3/c1-4-12(29)10-28-9-11(7-25-28)21-13-8-24-15(5-14(13)26-27-21)18-19(22)16(30-2)6-17(31-3)20(18)23/h5-9H,4,10H2,1-3H3,(H,26,27). The Labute approximate surface area is 188 Å². The predicted molar refractivity (Wildman–Crippen MR) is 119 cm³/mol. The third-order valence-electron chi connectivity index (χ3n) is 4.92. The van der Waals surface area contributed by atoms with Gasteiger partial charge in [-0.2, -0.15) is 10.2 Å². The van der Waals surface area contributed by atoms with E-state index in [1.54, 1.807) is 29.3 Å². The second-order valence-electron chi connectivity index (χ2n) is 6.79. The Balaban J connectivity index is 1.76. The van der Waals surface area contributed by atoms with Crippen LogP contribution in [0.5, 0.6) is 11.5 Å². The zero-order valence-corrected chi connectivity index (χ0v) is 18.6. The van der Waals surface area contributed by atoms with Crippen molar-refractivity contribution in [1.82, 2.24) is 25.0 Å². The Bertz CT molecular complexity index is 1250. The number of aromatic amines is 1. The number of nitrogens with one attached hydrogen (secondary N) is 1. The third kappa shape index (κ3) is 3.84. The quantitative estimate of drug-likeness (QED) is 0.426. The molecule has 0 fully saturated rings. The molecule has 10 heteroatoms. The van der Waals surface area contributed by atoms with Gasteiger partial charge in [0.15, 0.2) is 5.78 Å². The van der Waals surface area contributed by atoms with E-state index in [1.807, 2.05) is 13.0 Å². The van der Waals surface area contributed by atoms with Crippen LogP contribution in [0.4, 0.5) is 0 Å². The number of aromatic nitrogens is 5. The van der Waals surface area contributed by atoms with Gasteiger partial charge in [0.2, 0.25) is 0 Å². The molecule has 0 saturated carbocycles. The van der Waals surface area contributed by atoms with Crippen molar-refractivity contribution in [2.75, 3.05) is 14.2 Å². The molecule has 31 heavy (non-hydrogen) atoms. The topological polar surface area (TPSA) is 94.9 Å². The van der Waals surface area contributed by atoms with Gasteiger partial charge in [-0.05, 0) is 6.07 Å². The monoisotopic (exact) mass is 459 g/mol. The fourth-order valence-corrected chi connectivity index (χ4v) is 3.94. The first-order valence-corrected chi connectivity index (χ1v) is 10.2. The molecule has 3 heterocycles. The summed E-state index contributed by atoms with van der Waals surface area (Å²) < 4.78 is 12.3. The molecule has 3 aromatic heterocycles. The lowest BCUT2D eigenvalue weighted by molar-refractivity contribution is -0.119. The van der Waals surface area contributed by atoms with Crippen molar-refractivity contribution in [1.29, 1.82) is 0 Å². The average Bonchev–Trinajstić information content (AvgIpc) is 3.40. The average molecular weight is 460 g/mol. The van der Waals surface area contributed by atoms with Crippen molar-refractivity contribution in [3.8, 4) is 34.0 Å². The maximum absolute atomic E-state index is 11.7. The zero-order valence-electron chi connectivity index (χ0n) is 17.1. The summed E-state index contributed by atoms with van der Waals surface area (Å²) in [7, 11) is 3.04. The number of halogens is 2. The number of pyridine rings is 1. The van der Waals surface area contributed by atoms with Crippen LogP contribution in [0.25, 0.3) is 33.4 Å². The van der Waals surface area contributed by atoms with Gasteiger partial charge in [0, 0.05) is 41.4 Å². The summed E-state index contributed by atoms with van der Waals surface area (Å²) in [6, 6.07) is 3.44. The molecule has 0 radical (unpaired) electrons. The number of hydrogen-bond donors (Lipinski definition) is 1. The molecule has 0 spiro atoms. The van der Waals surface area contributed by atoms with E-state index in [0.29, 0.717) is 44.9 Å². The number of fused-ring (bicyclic) bond motifs is 1. The molecule has 0 saturated heterocycles. The van der Waals surface area contributed by atoms with E-state index in [0.717, 1.165) is 16.5 Å². The second-order valence-corrected chi connectivity index (χ2v) is 7.55. The van der Waals surface area contributed by atoms with Crippen LogP contribution < -0.4 is 9.47 Å². The normalized spacial score (nSPS) is 11.1. The number of carbonyl (C=O) groups excluding carboxylic acids is 1. The predicted octanol–water partition coefficient (Wildman–Crippen LogP) is 4.79. The highest BCUT2D eigenvalue weighted by Crippen LogP contribution is 2.45. The van der Waals surface area contributed by atoms with Crippen LogP contribution in [0, 0.1) is 0 Å². The summed E-state index contributed by atoms with van der Waals surface area (Å²) in [6.07, 6.45) is 5.62. The van der Waals surface area contributed by atoms with Crippen LogP contribution in [0.2, 0.25) is 10.0 Å². The van der Waals surface area contributed by atoms with Gasteiger partial charge < -0.3 is 9.47 Å². The minimum Gasteiger partial charge on any atom is -0.495 e. The van der Waals surface area contributed by atoms with Gasteiger partial charge in [0.05, 0.1) is 48.2 Å². The highest BCUT2D eigenvalue weighted by atomic mass is 35.5. The van der Waals surface area contributed by atoms with Gasteiger partial charge in [0.1, 0.15) is 17.2 Å². The van der Waals surface area contributed by atoms with E-state index >= 15 is 0 Å². The number of rotatable bonds is 7. The molecule has 0 aliphatic heterocycles. The number of nitrogens with zero attached hydrogens (tertiary/aromatic N) is 4. The van der Waals surface area contributed by atoms with E-state index in [9.17, 15) is 4.79 Å². The summed E-state index contributed by atoms with van der Waals surface area (Å²) in [6.45, 7) is 2.06. The molecule has 1 N–H and O–H groups in total. The van der Waals surface area contributed by atoms with Crippen LogP contribution in [0.3, 0.4) is 0 Å². The number of methoxy groups -OCH3 is 2. The Morgan fingerprint density at radius 1 is 1.13 bits per heavy atom. The molecule has 0 unspecified atom stereocenters. The maximum atomic E-state index is 11.7. The first kappa shape index (κ1) is 21.1. The van der Waals surface area contributed by atoms with Gasteiger partial charge in [-0.25, -0.2) is 0 Å². The number of benzene rings is 1. The Hall–Kier alpha value is -3.10. The summed E-state index contributed by atoms with van der Waals surface area (Å²) in [4.78, 5) is 16.2. The van der Waals surface area contributed by atoms with E-state index in [4.69, 9.17) is 32.7 Å². The fraction of sp³-hybridized carbons (Fsp3) is 0.238. The third-order valence-corrected chi connectivity index (χ3v) is 5.67. The highest BCUT2D eigenvalue weighted by Gasteiger charge is 2.21. The van der Waals surface area contributed by atoms with Crippen LogP contribution in [0.15, 0.2) is 30.7 Å². The molecule has 0 aliphatic carbocycles. The van der Waals surface area contributed by atoms with Crippen molar-refractivity contribution < 1.29 is 14.3 Å². The van der Waals surface area contributed by atoms with Crippen molar-refractivity contribution in [3.05, 3.63) is 40.8 Å². The van der Waals surface area contributed by atoms with Crippen LogP contribution in [-0.2, 0) is 11.3 Å². The van der Waals surface area contributed by atoms with Crippen LogP contribution >= 0.6 is 23.2 Å². The van der Waals surface area contributed by atoms with Crippen molar-refractivity contribution in [2.45, 2.75) is 19.9 Å². The van der Waals surface area contributed by atoms with Gasteiger partial charge in [-0.1, -0.05) is 30.1 Å². The first-order valence-electron chi connectivity index (χ1n) is 9.45. The van der Waals surface area contributed by atoms with Gasteiger partial charge >= 0.3 is 0 Å². The largest absolute Gasteiger partial charge is 0.495 e. The first-order chi connectivity index (χ1) is 15.0. The molecule has 4 aromatic rings. The molecule has 0 atom stereocenters. The molecule has 160 valence electrons. The Kier molecular flexibility index (Phi) is 5.84. The summed E-state index contributed by atoms with van der Waals surface area (Å²) in [5, 5.41) is 13.1. The van der Waals surface area contributed by atoms with E-state index < -0.39 is 0 Å². The molecule has 8 nitrogen and oxygen atoms in total. The van der Waals surface area contributed by atoms with Crippen molar-refractivity contribution in [3.63, 3.8) is 0 Å². The molecular formula is C21H19Cl2N5O3. The summed E-state index contributed by atoms with van der Waals surface area (Å²) in [5.41, 5.74) is 3.25. The van der Waals surface area contributed by atoms with E-state index in [1.165, 1.54) is 14.2 Å². The zero-order chi connectivity index (χ0) is 22.1. The lowest BCUT2D eigenvalue weighted by Gasteiger charge is -2.14. The Morgan fingerprint density at radius 3 is 2.48 bits per heavy atom. The number of ketones is 1. The summed E-state index contributed by atoms with van der Waals surface area (Å²) in [5.74, 6) is 0.966. The highest BCUT2D eigenvalue weighted by molar-refractivity contribution is 6.41. The number of H-pyrrole nitrogens is 1. The maximum Gasteiger partial charge on any atom is 0.154 e. The molecule has 4 rings (SSSR count). The molecule has 0 amide bonds. The van der Waals surface area contributed by atoms with Gasteiger partial charge in [-0.3, -0.25) is 19.6 Å². The fourth-order valence-electron chi connectivity index (χ4n) is 3.25. The lowest BCUT2D eigenvalue weighted by atomic mass is 10.1. The number of carbonyl (C=O) groups is 1. The molecular weight excluding hydrogens is 441 g/mol. The van der Waals surface area contributed by atoms with Crippen LogP contribution in [-0.4, -0.2) is 45.0 Å². The number of ether oxygens (including phenoxy) is 2. The van der Waals surface area contributed by atoms with E-state index in [2.05, 4.69) is 20.3 Å². The molecule has 0 aliphatic rings. The van der Waals surface area contributed by atoms with Gasteiger partial charge in [-0.15, -0.1) is 0 Å².